The predicted octanol–water partition coefficient (Wildman–Crippen LogP) is 7.66. The molecule has 176 valence electrons. The maximum atomic E-state index is 13.1. The zero-order valence-corrected chi connectivity index (χ0v) is 19.3. The third-order valence-electron chi connectivity index (χ3n) is 4.86. The van der Waals surface area contributed by atoms with Crippen molar-refractivity contribution in [2.45, 2.75) is 45.9 Å². The third kappa shape index (κ3) is 6.99. The van der Waals surface area contributed by atoms with Gasteiger partial charge in [0.05, 0.1) is 0 Å². The number of esters is 1. The topological polar surface area (TPSA) is 44.8 Å². The van der Waals surface area contributed by atoms with Gasteiger partial charge in [0, 0.05) is 20.7 Å². The predicted molar refractivity (Wildman–Crippen MR) is 124 cm³/mol. The molecule has 0 aliphatic rings. The summed E-state index contributed by atoms with van der Waals surface area (Å²) in [6, 6.07) is 12.1. The van der Waals surface area contributed by atoms with Crippen molar-refractivity contribution in [1.29, 1.82) is 0 Å². The summed E-state index contributed by atoms with van der Waals surface area (Å²) >= 11 is 1.33. The molecular weight excluding hydrogens is 453 g/mol. The number of carbonyl (C=O) groups is 1. The van der Waals surface area contributed by atoms with E-state index in [2.05, 4.69) is 18.2 Å². The second-order valence-corrected chi connectivity index (χ2v) is 8.70. The summed E-state index contributed by atoms with van der Waals surface area (Å²) in [7, 11) is 0. The van der Waals surface area contributed by atoms with Crippen LogP contribution in [0.3, 0.4) is 0 Å². The van der Waals surface area contributed by atoms with Crippen LogP contribution in [0, 0.1) is 0 Å². The van der Waals surface area contributed by atoms with E-state index in [1.807, 2.05) is 12.1 Å². The van der Waals surface area contributed by atoms with Crippen molar-refractivity contribution in [2.24, 2.45) is 0 Å². The summed E-state index contributed by atoms with van der Waals surface area (Å²) in [6.07, 6.45) is -1.12. The first-order valence-corrected chi connectivity index (χ1v) is 11.4. The van der Waals surface area contributed by atoms with Gasteiger partial charge < -0.3 is 14.2 Å². The van der Waals surface area contributed by atoms with E-state index in [0.717, 1.165) is 34.9 Å². The molecular formula is C25H25F3O4S. The lowest BCUT2D eigenvalue weighted by Gasteiger charge is -2.14. The molecule has 33 heavy (non-hydrogen) atoms. The molecule has 0 unspecified atom stereocenters. The van der Waals surface area contributed by atoms with Gasteiger partial charge in [0.2, 0.25) is 6.79 Å². The highest BCUT2D eigenvalue weighted by Gasteiger charge is 2.32. The van der Waals surface area contributed by atoms with E-state index in [4.69, 9.17) is 9.47 Å². The number of halogens is 3. The highest BCUT2D eigenvalue weighted by molar-refractivity contribution is 7.22. The molecule has 2 aromatic carbocycles. The standard InChI is InChI=1S/C25H25F3O4S/c1-4-5-6-7-17-8-11-20(21(12-17)32-25(26,27)28)23-13-18-9-10-19(14-22(18)33-23)30-15-31-24(29)16(2)3/h8-14H,2,4-7,15H2,1,3H3. The van der Waals surface area contributed by atoms with Crippen LogP contribution in [0.25, 0.3) is 20.5 Å². The Labute approximate surface area is 194 Å². The Bertz CT molecular complexity index is 1130. The van der Waals surface area contributed by atoms with Crippen LogP contribution in [-0.4, -0.2) is 19.1 Å². The Morgan fingerprint density at radius 1 is 1.09 bits per heavy atom. The number of carbonyl (C=O) groups excluding carboxylic acids is 1. The molecule has 0 atom stereocenters. The van der Waals surface area contributed by atoms with Crippen LogP contribution in [-0.2, 0) is 16.0 Å². The number of rotatable bonds is 10. The summed E-state index contributed by atoms with van der Waals surface area (Å²) < 4.78 is 54.8. The number of alkyl halides is 3. The lowest BCUT2D eigenvalue weighted by Crippen LogP contribution is -2.17. The van der Waals surface area contributed by atoms with Crippen LogP contribution in [0.5, 0.6) is 11.5 Å². The summed E-state index contributed by atoms with van der Waals surface area (Å²) in [5.74, 6) is -0.278. The first kappa shape index (κ1) is 24.6. The molecule has 0 N–H and O–H groups in total. The SMILES string of the molecule is C=C(C)C(=O)OCOc1ccc2cc(-c3ccc(CCCCC)cc3OC(F)(F)F)sc2c1. The lowest BCUT2D eigenvalue weighted by molar-refractivity contribution is -0.274. The van der Waals surface area contributed by atoms with Crippen molar-refractivity contribution in [2.75, 3.05) is 6.79 Å². The van der Waals surface area contributed by atoms with Crippen LogP contribution in [0.15, 0.2) is 54.6 Å². The second-order valence-electron chi connectivity index (χ2n) is 7.62. The van der Waals surface area contributed by atoms with Crippen molar-refractivity contribution in [3.05, 3.63) is 60.2 Å². The molecule has 3 rings (SSSR count). The summed E-state index contributed by atoms with van der Waals surface area (Å²) in [5.41, 5.74) is 1.46. The number of thiophene rings is 1. The second kappa shape index (κ2) is 10.7. The van der Waals surface area contributed by atoms with Crippen molar-refractivity contribution in [3.8, 4) is 21.9 Å². The number of ether oxygens (including phenoxy) is 3. The summed E-state index contributed by atoms with van der Waals surface area (Å²) in [5, 5.41) is 0.853. The van der Waals surface area contributed by atoms with Gasteiger partial charge in [-0.1, -0.05) is 32.4 Å². The van der Waals surface area contributed by atoms with Crippen LogP contribution in [0.2, 0.25) is 0 Å². The van der Waals surface area contributed by atoms with Crippen LogP contribution in [0.1, 0.15) is 38.7 Å². The van der Waals surface area contributed by atoms with Gasteiger partial charge in [0.15, 0.2) is 0 Å². The smallest absolute Gasteiger partial charge is 0.457 e. The average Bonchev–Trinajstić information content (AvgIpc) is 3.16. The highest BCUT2D eigenvalue weighted by atomic mass is 32.1. The lowest BCUT2D eigenvalue weighted by atomic mass is 10.0. The number of fused-ring (bicyclic) bond motifs is 1. The molecule has 0 spiro atoms. The molecule has 0 bridgehead atoms. The van der Waals surface area contributed by atoms with E-state index in [1.54, 1.807) is 24.3 Å². The molecule has 0 saturated carbocycles. The van der Waals surface area contributed by atoms with E-state index in [0.29, 0.717) is 22.6 Å². The molecule has 0 fully saturated rings. The monoisotopic (exact) mass is 478 g/mol. The fourth-order valence-electron chi connectivity index (χ4n) is 3.22. The van der Waals surface area contributed by atoms with E-state index in [9.17, 15) is 18.0 Å². The Morgan fingerprint density at radius 3 is 2.58 bits per heavy atom. The summed E-state index contributed by atoms with van der Waals surface area (Å²) in [6.45, 7) is 6.85. The highest BCUT2D eigenvalue weighted by Crippen LogP contribution is 2.41. The Balaban J connectivity index is 1.84. The van der Waals surface area contributed by atoms with Gasteiger partial charge in [-0.05, 0) is 67.1 Å². The maximum Gasteiger partial charge on any atom is 0.573 e. The van der Waals surface area contributed by atoms with Crippen LogP contribution >= 0.6 is 11.3 Å². The van der Waals surface area contributed by atoms with Gasteiger partial charge in [0.25, 0.3) is 0 Å². The van der Waals surface area contributed by atoms with Crippen molar-refractivity contribution in [3.63, 3.8) is 0 Å². The maximum absolute atomic E-state index is 13.1. The zero-order valence-electron chi connectivity index (χ0n) is 18.5. The van der Waals surface area contributed by atoms with E-state index >= 15 is 0 Å². The number of benzene rings is 2. The molecule has 0 saturated heterocycles. The number of unbranched alkanes of at least 4 members (excludes halogenated alkanes) is 2. The molecule has 0 aliphatic carbocycles. The van der Waals surface area contributed by atoms with Gasteiger partial charge in [-0.25, -0.2) is 4.79 Å². The van der Waals surface area contributed by atoms with Gasteiger partial charge >= 0.3 is 12.3 Å². The van der Waals surface area contributed by atoms with Gasteiger partial charge in [-0.2, -0.15) is 0 Å². The largest absolute Gasteiger partial charge is 0.573 e. The minimum absolute atomic E-state index is 0.203. The summed E-state index contributed by atoms with van der Waals surface area (Å²) in [4.78, 5) is 12.1. The molecule has 0 aliphatic heterocycles. The number of aryl methyl sites for hydroxylation is 1. The molecule has 8 heteroatoms. The molecule has 4 nitrogen and oxygen atoms in total. The molecule has 0 amide bonds. The first-order chi connectivity index (χ1) is 15.7. The van der Waals surface area contributed by atoms with Gasteiger partial charge in [-0.3, -0.25) is 0 Å². The van der Waals surface area contributed by atoms with E-state index in [1.165, 1.54) is 24.3 Å². The van der Waals surface area contributed by atoms with E-state index in [-0.39, 0.29) is 18.1 Å². The molecule has 3 aromatic rings. The Morgan fingerprint density at radius 2 is 1.88 bits per heavy atom. The quantitative estimate of drug-likeness (QED) is 0.130. The molecule has 0 radical (unpaired) electrons. The fraction of sp³-hybridized carbons (Fsp3) is 0.320. The van der Waals surface area contributed by atoms with Crippen molar-refractivity contribution in [1.82, 2.24) is 0 Å². The third-order valence-corrected chi connectivity index (χ3v) is 5.99. The first-order valence-electron chi connectivity index (χ1n) is 10.5. The molecule has 1 heterocycles. The number of hydrogen-bond donors (Lipinski definition) is 0. The Hall–Kier alpha value is -3.00. The Kier molecular flexibility index (Phi) is 8.02. The fourth-order valence-corrected chi connectivity index (χ4v) is 4.34. The number of hydrogen-bond acceptors (Lipinski definition) is 5. The van der Waals surface area contributed by atoms with Gasteiger partial charge in [-0.15, -0.1) is 24.5 Å². The van der Waals surface area contributed by atoms with Gasteiger partial charge in [0.1, 0.15) is 11.5 Å². The molecule has 1 aromatic heterocycles. The van der Waals surface area contributed by atoms with E-state index < -0.39 is 12.3 Å². The normalized spacial score (nSPS) is 11.4. The van der Waals surface area contributed by atoms with Crippen LogP contribution < -0.4 is 9.47 Å². The minimum atomic E-state index is -4.78. The van der Waals surface area contributed by atoms with Crippen molar-refractivity contribution >= 4 is 27.4 Å². The van der Waals surface area contributed by atoms with Crippen LogP contribution in [0.4, 0.5) is 13.2 Å². The average molecular weight is 479 g/mol. The van der Waals surface area contributed by atoms with Crippen molar-refractivity contribution < 1.29 is 32.2 Å². The zero-order chi connectivity index (χ0) is 24.0. The minimum Gasteiger partial charge on any atom is -0.457 e.